The number of benzene rings is 1. The number of ether oxygens (including phenoxy) is 1. The lowest BCUT2D eigenvalue weighted by atomic mass is 9.85. The molecule has 0 bridgehead atoms. The van der Waals surface area contributed by atoms with E-state index in [0.717, 1.165) is 43.9 Å². The van der Waals surface area contributed by atoms with E-state index in [0.29, 0.717) is 5.92 Å². The minimum absolute atomic E-state index is 0.00295. The van der Waals surface area contributed by atoms with Crippen LogP contribution in [0.1, 0.15) is 63.4 Å². The number of pyridine rings is 1. The Labute approximate surface area is 180 Å². The third kappa shape index (κ3) is 5.60. The van der Waals surface area contributed by atoms with E-state index in [4.69, 9.17) is 4.74 Å². The second kappa shape index (κ2) is 9.61. The average Bonchev–Trinajstić information content (AvgIpc) is 2.72. The number of carbonyl (C=O) groups excluding carboxylic acids is 1. The van der Waals surface area contributed by atoms with Crippen molar-refractivity contribution in [2.75, 3.05) is 20.2 Å². The van der Waals surface area contributed by atoms with Gasteiger partial charge < -0.3 is 10.1 Å². The maximum atomic E-state index is 11.8. The normalized spacial score (nSPS) is 16.8. The number of aromatic nitrogens is 1. The smallest absolute Gasteiger partial charge is 0.217 e. The van der Waals surface area contributed by atoms with Crippen molar-refractivity contribution in [2.45, 2.75) is 58.5 Å². The number of nitrogens with zero attached hydrogens (tertiary/aromatic N) is 2. The summed E-state index contributed by atoms with van der Waals surface area (Å²) in [5.74, 6) is 1.34. The summed E-state index contributed by atoms with van der Waals surface area (Å²) in [5.41, 5.74) is 3.63. The van der Waals surface area contributed by atoms with Crippen LogP contribution in [0.15, 0.2) is 42.6 Å². The van der Waals surface area contributed by atoms with Gasteiger partial charge in [-0.3, -0.25) is 14.7 Å². The second-order valence-electron chi connectivity index (χ2n) is 9.32. The molecule has 1 N–H and O–H groups in total. The molecule has 30 heavy (non-hydrogen) atoms. The third-order valence-corrected chi connectivity index (χ3v) is 6.01. The van der Waals surface area contributed by atoms with Crippen LogP contribution in [0.25, 0.3) is 0 Å². The van der Waals surface area contributed by atoms with Crippen molar-refractivity contribution >= 4 is 5.91 Å². The molecular weight excluding hydrogens is 374 g/mol. The molecule has 0 saturated carbocycles. The highest BCUT2D eigenvalue weighted by molar-refractivity contribution is 5.73. The SMILES string of the molecule is COc1ccc(C(C)(C)C)cc1CN1CCC([C@@H](NC(C)=O)c2ccccn2)CC1. The Kier molecular flexibility index (Phi) is 7.14. The number of amides is 1. The van der Waals surface area contributed by atoms with Gasteiger partial charge in [-0.1, -0.05) is 39.0 Å². The molecule has 0 spiro atoms. The van der Waals surface area contributed by atoms with E-state index in [9.17, 15) is 4.79 Å². The van der Waals surface area contributed by atoms with Gasteiger partial charge in [-0.2, -0.15) is 0 Å². The van der Waals surface area contributed by atoms with Gasteiger partial charge in [0.05, 0.1) is 18.8 Å². The van der Waals surface area contributed by atoms with Crippen molar-refractivity contribution in [3.8, 4) is 5.75 Å². The van der Waals surface area contributed by atoms with Gasteiger partial charge >= 0.3 is 0 Å². The number of nitrogens with one attached hydrogen (secondary N) is 1. The first kappa shape index (κ1) is 22.3. The first-order valence-corrected chi connectivity index (χ1v) is 10.9. The molecule has 3 rings (SSSR count). The minimum Gasteiger partial charge on any atom is -0.496 e. The molecule has 1 saturated heterocycles. The Morgan fingerprint density at radius 3 is 2.53 bits per heavy atom. The summed E-state index contributed by atoms with van der Waals surface area (Å²) in [4.78, 5) is 18.8. The van der Waals surface area contributed by atoms with Crippen molar-refractivity contribution in [1.82, 2.24) is 15.2 Å². The standard InChI is InChI=1S/C25H35N3O2/c1-18(29)27-24(22-8-6-7-13-26-22)19-11-14-28(15-12-19)17-20-16-21(25(2,3)4)9-10-23(20)30-5/h6-10,13,16,19,24H,11-12,14-15,17H2,1-5H3,(H,27,29)/t24-/m1/s1. The van der Waals surface area contributed by atoms with Gasteiger partial charge in [0.15, 0.2) is 0 Å². The van der Waals surface area contributed by atoms with E-state index < -0.39 is 0 Å². The molecular formula is C25H35N3O2. The van der Waals surface area contributed by atoms with Crippen LogP contribution in [-0.4, -0.2) is 36.0 Å². The Morgan fingerprint density at radius 1 is 1.23 bits per heavy atom. The number of likely N-dealkylation sites (tertiary alicyclic amines) is 1. The third-order valence-electron chi connectivity index (χ3n) is 6.01. The van der Waals surface area contributed by atoms with Gasteiger partial charge in [0.2, 0.25) is 5.91 Å². The Bertz CT molecular complexity index is 837. The van der Waals surface area contributed by atoms with Crippen molar-refractivity contribution < 1.29 is 9.53 Å². The van der Waals surface area contributed by atoms with Crippen molar-refractivity contribution in [1.29, 1.82) is 0 Å². The molecule has 0 unspecified atom stereocenters. The van der Waals surface area contributed by atoms with Crippen LogP contribution in [0.3, 0.4) is 0 Å². The maximum absolute atomic E-state index is 11.8. The van der Waals surface area contributed by atoms with Crippen LogP contribution >= 0.6 is 0 Å². The average molecular weight is 410 g/mol. The van der Waals surface area contributed by atoms with Gasteiger partial charge in [0.1, 0.15) is 5.75 Å². The number of carbonyl (C=O) groups is 1. The van der Waals surface area contributed by atoms with Gasteiger partial charge in [0, 0.05) is 25.2 Å². The van der Waals surface area contributed by atoms with E-state index in [-0.39, 0.29) is 17.4 Å². The first-order valence-electron chi connectivity index (χ1n) is 10.9. The minimum atomic E-state index is -0.0235. The highest BCUT2D eigenvalue weighted by Gasteiger charge is 2.29. The zero-order chi connectivity index (χ0) is 21.7. The van der Waals surface area contributed by atoms with E-state index in [1.54, 1.807) is 20.2 Å². The fourth-order valence-corrected chi connectivity index (χ4v) is 4.27. The summed E-state index contributed by atoms with van der Waals surface area (Å²) in [6.07, 6.45) is 3.86. The van der Waals surface area contributed by atoms with Crippen LogP contribution in [0.2, 0.25) is 0 Å². The molecule has 0 radical (unpaired) electrons. The number of methoxy groups -OCH3 is 1. The molecule has 2 heterocycles. The van der Waals surface area contributed by atoms with Crippen molar-refractivity contribution in [2.24, 2.45) is 5.92 Å². The predicted molar refractivity (Wildman–Crippen MR) is 120 cm³/mol. The van der Waals surface area contributed by atoms with E-state index in [1.807, 2.05) is 18.2 Å². The molecule has 2 aromatic rings. The molecule has 162 valence electrons. The quantitative estimate of drug-likeness (QED) is 0.764. The summed E-state index contributed by atoms with van der Waals surface area (Å²) in [7, 11) is 1.74. The number of hydrogen-bond donors (Lipinski definition) is 1. The molecule has 1 fully saturated rings. The molecule has 1 atom stereocenters. The molecule has 0 aliphatic carbocycles. The van der Waals surface area contributed by atoms with Crippen molar-refractivity contribution in [3.05, 3.63) is 59.4 Å². The summed E-state index contributed by atoms with van der Waals surface area (Å²) in [6, 6.07) is 12.4. The molecule has 1 aromatic carbocycles. The fourth-order valence-electron chi connectivity index (χ4n) is 4.27. The van der Waals surface area contributed by atoms with Crippen molar-refractivity contribution in [3.63, 3.8) is 0 Å². The molecule has 1 aliphatic rings. The summed E-state index contributed by atoms with van der Waals surface area (Å²) in [5, 5.41) is 3.13. The Morgan fingerprint density at radius 2 is 1.97 bits per heavy atom. The molecule has 1 amide bonds. The molecule has 1 aromatic heterocycles. The zero-order valence-corrected chi connectivity index (χ0v) is 18.9. The lowest BCUT2D eigenvalue weighted by Gasteiger charge is -2.36. The molecule has 5 heteroatoms. The van der Waals surface area contributed by atoms with Gasteiger partial charge in [-0.25, -0.2) is 0 Å². The number of piperidine rings is 1. The predicted octanol–water partition coefficient (Wildman–Crippen LogP) is 4.48. The number of hydrogen-bond acceptors (Lipinski definition) is 4. The van der Waals surface area contributed by atoms with Gasteiger partial charge in [-0.05, 0) is 61.0 Å². The zero-order valence-electron chi connectivity index (χ0n) is 18.9. The van der Waals surface area contributed by atoms with Crippen LogP contribution in [-0.2, 0) is 16.8 Å². The van der Waals surface area contributed by atoms with Crippen LogP contribution in [0.5, 0.6) is 5.75 Å². The Hall–Kier alpha value is -2.40. The highest BCUT2D eigenvalue weighted by atomic mass is 16.5. The Balaban J connectivity index is 1.69. The second-order valence-corrected chi connectivity index (χ2v) is 9.32. The summed E-state index contributed by atoms with van der Waals surface area (Å²) < 4.78 is 5.63. The fraction of sp³-hybridized carbons (Fsp3) is 0.520. The largest absolute Gasteiger partial charge is 0.496 e. The highest BCUT2D eigenvalue weighted by Crippen LogP contribution is 2.33. The first-order chi connectivity index (χ1) is 14.3. The summed E-state index contributed by atoms with van der Waals surface area (Å²) >= 11 is 0. The molecule has 5 nitrogen and oxygen atoms in total. The monoisotopic (exact) mass is 409 g/mol. The number of rotatable bonds is 6. The topological polar surface area (TPSA) is 54.5 Å². The lowest BCUT2D eigenvalue weighted by molar-refractivity contribution is -0.120. The van der Waals surface area contributed by atoms with E-state index in [1.165, 1.54) is 11.1 Å². The lowest BCUT2D eigenvalue weighted by Crippen LogP contribution is -2.40. The van der Waals surface area contributed by atoms with E-state index >= 15 is 0 Å². The van der Waals surface area contributed by atoms with Gasteiger partial charge in [-0.15, -0.1) is 0 Å². The summed E-state index contributed by atoms with van der Waals surface area (Å²) in [6.45, 7) is 11.2. The van der Waals surface area contributed by atoms with Crippen LogP contribution in [0.4, 0.5) is 0 Å². The van der Waals surface area contributed by atoms with Crippen LogP contribution < -0.4 is 10.1 Å². The van der Waals surface area contributed by atoms with E-state index in [2.05, 4.69) is 54.2 Å². The van der Waals surface area contributed by atoms with Crippen LogP contribution in [0, 0.1) is 5.92 Å². The van der Waals surface area contributed by atoms with Gasteiger partial charge in [0.25, 0.3) is 0 Å². The maximum Gasteiger partial charge on any atom is 0.217 e. The molecule has 1 aliphatic heterocycles.